The fraction of sp³-hybridized carbons (Fsp3) is 0.0909. The highest BCUT2D eigenvalue weighted by Gasteiger charge is 2.07. The van der Waals surface area contributed by atoms with Gasteiger partial charge in [0.05, 0.1) is 10.7 Å². The number of hydrogen-bond acceptors (Lipinski definition) is 3. The maximum absolute atomic E-state index is 13.2. The van der Waals surface area contributed by atoms with Crippen molar-refractivity contribution in [3.05, 3.63) is 45.4 Å². The van der Waals surface area contributed by atoms with E-state index in [1.54, 1.807) is 11.3 Å². The fourth-order valence-electron chi connectivity index (χ4n) is 1.21. The van der Waals surface area contributed by atoms with Gasteiger partial charge < -0.3 is 10.5 Å². The van der Waals surface area contributed by atoms with Crippen LogP contribution in [0.5, 0.6) is 5.75 Å². The molecule has 1 heterocycles. The summed E-state index contributed by atoms with van der Waals surface area (Å²) in [6, 6.07) is 6.41. The Hall–Kier alpha value is -1.26. The van der Waals surface area contributed by atoms with Crippen molar-refractivity contribution in [1.82, 2.24) is 0 Å². The zero-order valence-corrected chi connectivity index (χ0v) is 9.82. The number of rotatable bonds is 3. The lowest BCUT2D eigenvalue weighted by atomic mass is 10.3. The van der Waals surface area contributed by atoms with Crippen LogP contribution in [-0.4, -0.2) is 0 Å². The summed E-state index contributed by atoms with van der Waals surface area (Å²) in [6.45, 7) is 0.378. The number of ether oxygens (including phenoxy) is 1. The molecule has 84 valence electrons. The molecule has 0 unspecified atom stereocenters. The van der Waals surface area contributed by atoms with E-state index in [0.29, 0.717) is 18.0 Å². The molecule has 2 aromatic rings. The van der Waals surface area contributed by atoms with Gasteiger partial charge in [0.2, 0.25) is 0 Å². The Morgan fingerprint density at radius 1 is 1.44 bits per heavy atom. The maximum Gasteiger partial charge on any atom is 0.145 e. The predicted octanol–water partition coefficient (Wildman–Crippen LogP) is 3.70. The Morgan fingerprint density at radius 3 is 2.94 bits per heavy atom. The molecule has 0 saturated carbocycles. The molecule has 0 radical (unpaired) electrons. The van der Waals surface area contributed by atoms with Gasteiger partial charge in [-0.05, 0) is 17.5 Å². The van der Waals surface area contributed by atoms with Crippen LogP contribution in [0.1, 0.15) is 4.88 Å². The molecule has 2 rings (SSSR count). The summed E-state index contributed by atoms with van der Waals surface area (Å²) in [6.07, 6.45) is 0. The van der Waals surface area contributed by atoms with E-state index >= 15 is 0 Å². The quantitative estimate of drug-likeness (QED) is 0.851. The van der Waals surface area contributed by atoms with Crippen LogP contribution in [0, 0.1) is 5.82 Å². The van der Waals surface area contributed by atoms with Crippen LogP contribution in [0.4, 0.5) is 10.1 Å². The second kappa shape index (κ2) is 4.72. The Balaban J connectivity index is 2.12. The van der Waals surface area contributed by atoms with Crippen LogP contribution < -0.4 is 10.5 Å². The van der Waals surface area contributed by atoms with Crippen molar-refractivity contribution in [3.8, 4) is 5.75 Å². The van der Waals surface area contributed by atoms with Gasteiger partial charge in [-0.2, -0.15) is 0 Å². The van der Waals surface area contributed by atoms with E-state index in [2.05, 4.69) is 0 Å². The lowest BCUT2D eigenvalue weighted by Crippen LogP contribution is -1.98. The lowest BCUT2D eigenvalue weighted by Gasteiger charge is -2.08. The summed E-state index contributed by atoms with van der Waals surface area (Å²) in [7, 11) is 0. The summed E-state index contributed by atoms with van der Waals surface area (Å²) in [5, 5.41) is 1.95. The van der Waals surface area contributed by atoms with Gasteiger partial charge in [-0.1, -0.05) is 17.7 Å². The second-order valence-electron chi connectivity index (χ2n) is 3.17. The van der Waals surface area contributed by atoms with Crippen LogP contribution in [0.25, 0.3) is 0 Å². The minimum atomic E-state index is -0.531. The SMILES string of the molecule is Nc1cc(Cl)c(F)cc1OCc1cccs1. The third-order valence-electron chi connectivity index (χ3n) is 2.00. The van der Waals surface area contributed by atoms with E-state index in [1.807, 2.05) is 17.5 Å². The summed E-state index contributed by atoms with van der Waals surface area (Å²) >= 11 is 7.15. The van der Waals surface area contributed by atoms with Crippen molar-refractivity contribution in [3.63, 3.8) is 0 Å². The van der Waals surface area contributed by atoms with Crippen molar-refractivity contribution in [2.75, 3.05) is 5.73 Å². The molecule has 0 spiro atoms. The molecule has 16 heavy (non-hydrogen) atoms. The van der Waals surface area contributed by atoms with Gasteiger partial charge >= 0.3 is 0 Å². The van der Waals surface area contributed by atoms with Gasteiger partial charge in [0.1, 0.15) is 18.2 Å². The number of nitrogen functional groups attached to an aromatic ring is 1. The first-order valence-electron chi connectivity index (χ1n) is 4.56. The minimum Gasteiger partial charge on any atom is -0.486 e. The van der Waals surface area contributed by atoms with E-state index in [1.165, 1.54) is 12.1 Å². The fourth-order valence-corrected chi connectivity index (χ4v) is 2.00. The maximum atomic E-state index is 13.2. The molecule has 0 amide bonds. The lowest BCUT2D eigenvalue weighted by molar-refractivity contribution is 0.310. The van der Waals surface area contributed by atoms with Gasteiger partial charge in [0.25, 0.3) is 0 Å². The Bertz CT molecular complexity index is 487. The molecule has 0 bridgehead atoms. The summed E-state index contributed by atoms with van der Waals surface area (Å²) in [5.74, 6) is -0.215. The molecular weight excluding hydrogens is 249 g/mol. The zero-order valence-electron chi connectivity index (χ0n) is 8.24. The number of thiophene rings is 1. The van der Waals surface area contributed by atoms with E-state index in [4.69, 9.17) is 22.1 Å². The van der Waals surface area contributed by atoms with Crippen molar-refractivity contribution in [2.24, 2.45) is 0 Å². The molecule has 2 N–H and O–H groups in total. The molecule has 0 aliphatic carbocycles. The van der Waals surface area contributed by atoms with Crippen molar-refractivity contribution in [1.29, 1.82) is 0 Å². The summed E-state index contributed by atoms with van der Waals surface area (Å²) in [5.41, 5.74) is 5.99. The molecule has 5 heteroatoms. The van der Waals surface area contributed by atoms with E-state index in [-0.39, 0.29) is 5.02 Å². The van der Waals surface area contributed by atoms with E-state index in [9.17, 15) is 4.39 Å². The third-order valence-corrected chi connectivity index (χ3v) is 3.14. The molecule has 0 aliphatic heterocycles. The highest BCUT2D eigenvalue weighted by Crippen LogP contribution is 2.28. The molecule has 0 fully saturated rings. The molecule has 0 saturated heterocycles. The Kier molecular flexibility index (Phi) is 3.31. The van der Waals surface area contributed by atoms with Gasteiger partial charge in [-0.15, -0.1) is 11.3 Å². The number of hydrogen-bond donors (Lipinski definition) is 1. The first kappa shape index (κ1) is 11.2. The second-order valence-corrected chi connectivity index (χ2v) is 4.61. The van der Waals surface area contributed by atoms with Crippen molar-refractivity contribution < 1.29 is 9.13 Å². The summed E-state index contributed by atoms with van der Waals surface area (Å²) < 4.78 is 18.6. The van der Waals surface area contributed by atoms with Crippen LogP contribution in [0.2, 0.25) is 5.02 Å². The number of benzene rings is 1. The third kappa shape index (κ3) is 2.46. The Labute approximate surface area is 101 Å². The van der Waals surface area contributed by atoms with Crippen LogP contribution >= 0.6 is 22.9 Å². The highest BCUT2D eigenvalue weighted by atomic mass is 35.5. The standard InChI is InChI=1S/C11H9ClFNOS/c12-8-4-10(14)11(5-9(8)13)15-6-7-2-1-3-16-7/h1-5H,6,14H2. The molecule has 0 aliphatic rings. The average molecular weight is 258 g/mol. The first-order valence-corrected chi connectivity index (χ1v) is 5.82. The van der Waals surface area contributed by atoms with Crippen LogP contribution in [0.3, 0.4) is 0 Å². The highest BCUT2D eigenvalue weighted by molar-refractivity contribution is 7.09. The van der Waals surface area contributed by atoms with Crippen LogP contribution in [-0.2, 0) is 6.61 Å². The molecular formula is C11H9ClFNOS. The van der Waals surface area contributed by atoms with Gasteiger partial charge in [0, 0.05) is 10.9 Å². The first-order chi connectivity index (χ1) is 7.66. The minimum absolute atomic E-state index is 0.000901. The average Bonchev–Trinajstić information content (AvgIpc) is 2.74. The van der Waals surface area contributed by atoms with Crippen LogP contribution in [0.15, 0.2) is 29.6 Å². The number of halogens is 2. The molecule has 1 aromatic carbocycles. The molecule has 2 nitrogen and oxygen atoms in total. The topological polar surface area (TPSA) is 35.2 Å². The van der Waals surface area contributed by atoms with Crippen molar-refractivity contribution in [2.45, 2.75) is 6.61 Å². The smallest absolute Gasteiger partial charge is 0.145 e. The van der Waals surface area contributed by atoms with Crippen molar-refractivity contribution >= 4 is 28.6 Å². The number of anilines is 1. The summed E-state index contributed by atoms with van der Waals surface area (Å²) in [4.78, 5) is 1.05. The molecule has 1 aromatic heterocycles. The van der Waals surface area contributed by atoms with E-state index in [0.717, 1.165) is 4.88 Å². The van der Waals surface area contributed by atoms with Gasteiger partial charge in [-0.25, -0.2) is 4.39 Å². The molecule has 0 atom stereocenters. The predicted molar refractivity (Wildman–Crippen MR) is 64.5 cm³/mol. The zero-order chi connectivity index (χ0) is 11.5. The van der Waals surface area contributed by atoms with Gasteiger partial charge in [-0.3, -0.25) is 0 Å². The normalized spacial score (nSPS) is 10.4. The number of nitrogens with two attached hydrogens (primary N) is 1. The monoisotopic (exact) mass is 257 g/mol. The largest absolute Gasteiger partial charge is 0.486 e. The Morgan fingerprint density at radius 2 is 2.25 bits per heavy atom. The van der Waals surface area contributed by atoms with E-state index < -0.39 is 5.82 Å². The van der Waals surface area contributed by atoms with Gasteiger partial charge in [0.15, 0.2) is 0 Å².